The molecule has 4 aliphatic rings. The first kappa shape index (κ1) is 39.3. The van der Waals surface area contributed by atoms with E-state index in [0.717, 1.165) is 84.1 Å². The number of halogens is 2. The lowest BCUT2D eigenvalue weighted by Gasteiger charge is -2.39. The van der Waals surface area contributed by atoms with Gasteiger partial charge >= 0.3 is 0 Å². The number of nitrogens with one attached hydrogen (secondary N) is 4. The molecule has 2 aromatic heterocycles. The van der Waals surface area contributed by atoms with Gasteiger partial charge in [0.1, 0.15) is 17.6 Å². The van der Waals surface area contributed by atoms with Gasteiger partial charge < -0.3 is 25.4 Å². The highest BCUT2D eigenvalue weighted by Gasteiger charge is 2.33. The molecule has 0 spiro atoms. The number of hydrogen-bond acceptors (Lipinski definition) is 9. The summed E-state index contributed by atoms with van der Waals surface area (Å²) in [4.78, 5) is 65.4. The molecule has 3 aliphatic heterocycles. The molecule has 1 aliphatic carbocycles. The Morgan fingerprint density at radius 1 is 0.810 bits per heavy atom. The first-order chi connectivity index (χ1) is 28.2. The van der Waals surface area contributed by atoms with Crippen molar-refractivity contribution in [2.24, 2.45) is 11.8 Å². The molecular weight excluding hydrogens is 743 g/mol. The largest absolute Gasteiger partial charge is 0.374 e. The van der Waals surface area contributed by atoms with Crippen LogP contribution in [-0.2, 0) is 14.4 Å². The first-order valence-electron chi connectivity index (χ1n) is 20.6. The van der Waals surface area contributed by atoms with Crippen molar-refractivity contribution < 1.29 is 23.2 Å². The molecule has 5 heterocycles. The van der Waals surface area contributed by atoms with E-state index in [1.165, 1.54) is 12.3 Å². The fourth-order valence-electron chi connectivity index (χ4n) is 9.16. The summed E-state index contributed by atoms with van der Waals surface area (Å²) in [5.41, 5.74) is 2.89. The summed E-state index contributed by atoms with van der Waals surface area (Å²) < 4.78 is 30.2. The van der Waals surface area contributed by atoms with Gasteiger partial charge in [0.25, 0.3) is 5.56 Å². The first-order valence-corrected chi connectivity index (χ1v) is 20.6. The third-order valence-electron chi connectivity index (χ3n) is 12.5. The molecule has 4 fully saturated rings. The number of pyridine rings is 1. The maximum absolute atomic E-state index is 15.2. The van der Waals surface area contributed by atoms with Crippen molar-refractivity contribution in [1.82, 2.24) is 30.1 Å². The van der Waals surface area contributed by atoms with E-state index in [9.17, 15) is 23.6 Å². The van der Waals surface area contributed by atoms with Crippen molar-refractivity contribution in [2.75, 3.05) is 43.4 Å². The number of hydrogen-bond donors (Lipinski definition) is 4. The minimum Gasteiger partial charge on any atom is -0.374 e. The minimum absolute atomic E-state index is 0.00937. The summed E-state index contributed by atoms with van der Waals surface area (Å²) in [6.07, 6.45) is 10.2. The van der Waals surface area contributed by atoms with Crippen LogP contribution < -0.4 is 21.5 Å². The van der Waals surface area contributed by atoms with E-state index in [4.69, 9.17) is 0 Å². The second-order valence-electron chi connectivity index (χ2n) is 16.3. The van der Waals surface area contributed by atoms with Crippen LogP contribution in [-0.4, -0.2) is 87.3 Å². The van der Waals surface area contributed by atoms with Gasteiger partial charge in [-0.05, 0) is 124 Å². The van der Waals surface area contributed by atoms with Gasteiger partial charge in [0.05, 0.1) is 6.20 Å². The Hall–Kier alpha value is -5.50. The van der Waals surface area contributed by atoms with Gasteiger partial charge in [0.2, 0.25) is 23.7 Å². The summed E-state index contributed by atoms with van der Waals surface area (Å²) in [6, 6.07) is 15.2. The van der Waals surface area contributed by atoms with Crippen molar-refractivity contribution >= 4 is 29.4 Å². The van der Waals surface area contributed by atoms with Gasteiger partial charge in [-0.15, -0.1) is 0 Å². The maximum atomic E-state index is 15.2. The lowest BCUT2D eigenvalue weighted by atomic mass is 9.84. The fourth-order valence-corrected chi connectivity index (χ4v) is 9.16. The SMILES string of the molecule is O=C1CC[C@@H](Nc2ccc(C3CCN(CC4CCN(C(=O)C5CCC(Nc6ncc(F)c(-c7cccc(-c8ccc[nH]c8=O)c7)n6)CC5)CC4)CC3)c(F)c2)C(=O)N1. The number of carbonyl (C=O) groups is 3. The monoisotopic (exact) mass is 792 g/mol. The summed E-state index contributed by atoms with van der Waals surface area (Å²) in [7, 11) is 0. The number of aromatic amines is 1. The minimum atomic E-state index is -0.550. The van der Waals surface area contributed by atoms with E-state index in [1.807, 2.05) is 12.1 Å². The molecule has 12 nitrogen and oxygen atoms in total. The second kappa shape index (κ2) is 17.6. The average Bonchev–Trinajstić information content (AvgIpc) is 3.23. The number of imide groups is 1. The van der Waals surface area contributed by atoms with Crippen molar-refractivity contribution in [3.05, 3.63) is 94.5 Å². The Bertz CT molecular complexity index is 2190. The van der Waals surface area contributed by atoms with E-state index in [-0.39, 0.29) is 59.1 Å². The third kappa shape index (κ3) is 9.12. The molecule has 0 radical (unpaired) electrons. The molecule has 58 heavy (non-hydrogen) atoms. The summed E-state index contributed by atoms with van der Waals surface area (Å²) >= 11 is 0. The number of nitrogens with zero attached hydrogens (tertiary/aromatic N) is 4. The Kier molecular flexibility index (Phi) is 11.9. The van der Waals surface area contributed by atoms with Crippen LogP contribution >= 0.6 is 0 Å². The van der Waals surface area contributed by atoms with E-state index in [2.05, 4.69) is 40.7 Å². The van der Waals surface area contributed by atoms with Crippen LogP contribution in [0.4, 0.5) is 20.4 Å². The number of rotatable bonds is 10. The molecular formula is C44H50F2N8O4. The molecule has 1 atom stereocenters. The number of anilines is 2. The van der Waals surface area contributed by atoms with Crippen LogP contribution in [0.5, 0.6) is 0 Å². The highest BCUT2D eigenvalue weighted by molar-refractivity contribution is 6.01. The Balaban J connectivity index is 0.761. The van der Waals surface area contributed by atoms with Crippen LogP contribution in [0.15, 0.2) is 71.8 Å². The zero-order valence-electron chi connectivity index (χ0n) is 32.5. The fraction of sp³-hybridized carbons (Fsp3) is 0.455. The molecule has 0 unspecified atom stereocenters. The standard InChI is InChI=1S/C44H50F2N8O4/c45-36-24-33(49-38-12-13-39(55)51-42(38)57)10-11-34(36)28-16-19-53(20-17-28)26-27-14-21-54(22-15-27)43(58)29-6-8-32(9-7-29)50-44-48-25-37(46)40(52-44)31-4-1-3-30(23-31)35-5-2-18-47-41(35)56/h1-5,10-11,18,23-25,27-29,32,38,49H,6-9,12-17,19-22,26H2,(H,47,56)(H,48,50,52)(H,51,55,57)/t29?,32?,38-/m1/s1. The molecule has 8 rings (SSSR count). The van der Waals surface area contributed by atoms with Gasteiger partial charge in [-0.25, -0.2) is 18.7 Å². The Morgan fingerprint density at radius 2 is 1.59 bits per heavy atom. The van der Waals surface area contributed by atoms with E-state index in [0.29, 0.717) is 46.2 Å². The van der Waals surface area contributed by atoms with Crippen molar-refractivity contribution in [1.29, 1.82) is 0 Å². The Labute approximate surface area is 336 Å². The predicted molar refractivity (Wildman–Crippen MR) is 217 cm³/mol. The van der Waals surface area contributed by atoms with Crippen molar-refractivity contribution in [3.8, 4) is 22.4 Å². The maximum Gasteiger partial charge on any atom is 0.255 e. The molecule has 1 saturated carbocycles. The molecule has 0 bridgehead atoms. The molecule has 3 amide bonds. The van der Waals surface area contributed by atoms with Crippen LogP contribution in [0.3, 0.4) is 0 Å². The average molecular weight is 793 g/mol. The molecule has 4 N–H and O–H groups in total. The lowest BCUT2D eigenvalue weighted by molar-refractivity contribution is -0.138. The zero-order valence-corrected chi connectivity index (χ0v) is 32.5. The molecule has 14 heteroatoms. The number of H-pyrrole nitrogens is 1. The number of benzene rings is 2. The highest BCUT2D eigenvalue weighted by Crippen LogP contribution is 2.34. The number of aromatic nitrogens is 3. The smallest absolute Gasteiger partial charge is 0.255 e. The molecule has 3 saturated heterocycles. The van der Waals surface area contributed by atoms with Gasteiger partial charge in [-0.3, -0.25) is 24.5 Å². The van der Waals surface area contributed by atoms with Crippen LogP contribution in [0.1, 0.15) is 75.7 Å². The van der Waals surface area contributed by atoms with Gasteiger partial charge in [0.15, 0.2) is 5.82 Å². The highest BCUT2D eigenvalue weighted by atomic mass is 19.1. The molecule has 4 aromatic rings. The van der Waals surface area contributed by atoms with Crippen LogP contribution in [0.25, 0.3) is 22.4 Å². The number of carbonyl (C=O) groups excluding carboxylic acids is 3. The van der Waals surface area contributed by atoms with Gasteiger partial charge in [-0.1, -0.05) is 24.3 Å². The van der Waals surface area contributed by atoms with E-state index in [1.54, 1.807) is 42.6 Å². The molecule has 304 valence electrons. The Morgan fingerprint density at radius 3 is 2.33 bits per heavy atom. The van der Waals surface area contributed by atoms with Gasteiger partial charge in [0, 0.05) is 61.0 Å². The summed E-state index contributed by atoms with van der Waals surface area (Å²) in [6.45, 7) is 4.35. The van der Waals surface area contributed by atoms with Gasteiger partial charge in [-0.2, -0.15) is 0 Å². The third-order valence-corrected chi connectivity index (χ3v) is 12.5. The lowest BCUT2D eigenvalue weighted by Crippen LogP contribution is -2.47. The topological polar surface area (TPSA) is 152 Å². The number of likely N-dealkylation sites (tertiary alicyclic amines) is 2. The predicted octanol–water partition coefficient (Wildman–Crippen LogP) is 6.08. The van der Waals surface area contributed by atoms with E-state index >= 15 is 4.39 Å². The van der Waals surface area contributed by atoms with Crippen LogP contribution in [0.2, 0.25) is 0 Å². The second-order valence-corrected chi connectivity index (χ2v) is 16.3. The molecule has 2 aromatic carbocycles. The van der Waals surface area contributed by atoms with Crippen molar-refractivity contribution in [2.45, 2.75) is 82.2 Å². The normalized spacial score (nSPS) is 22.4. The number of piperidine rings is 3. The summed E-state index contributed by atoms with van der Waals surface area (Å²) in [5.74, 6) is -0.232. The summed E-state index contributed by atoms with van der Waals surface area (Å²) in [5, 5.41) is 8.77. The van der Waals surface area contributed by atoms with Crippen LogP contribution in [0, 0.1) is 23.5 Å². The zero-order chi connectivity index (χ0) is 40.2. The van der Waals surface area contributed by atoms with E-state index < -0.39 is 11.9 Å². The number of amides is 3. The van der Waals surface area contributed by atoms with Crippen molar-refractivity contribution in [3.63, 3.8) is 0 Å². The quantitative estimate of drug-likeness (QED) is 0.140.